The summed E-state index contributed by atoms with van der Waals surface area (Å²) in [5, 5.41) is 13.0. The minimum Gasteiger partial charge on any atom is -0.393 e. The number of amides is 1. The topological polar surface area (TPSA) is 52.6 Å². The Kier molecular flexibility index (Phi) is 3.19. The van der Waals surface area contributed by atoms with Crippen LogP contribution in [-0.4, -0.2) is 41.7 Å². The van der Waals surface area contributed by atoms with Gasteiger partial charge in [-0.1, -0.05) is 25.1 Å². The minimum absolute atomic E-state index is 0.0707. The molecule has 3 atom stereocenters. The maximum atomic E-state index is 12.6. The molecule has 1 amide bonds. The highest BCUT2D eigenvalue weighted by atomic mass is 16.3. The van der Waals surface area contributed by atoms with Gasteiger partial charge in [0.1, 0.15) is 0 Å². The quantitative estimate of drug-likeness (QED) is 0.803. The number of aliphatic hydroxyl groups is 1. The second kappa shape index (κ2) is 4.85. The van der Waals surface area contributed by atoms with Crippen LogP contribution >= 0.6 is 0 Å². The van der Waals surface area contributed by atoms with E-state index in [9.17, 15) is 9.90 Å². The summed E-state index contributed by atoms with van der Waals surface area (Å²) in [4.78, 5) is 14.5. The van der Waals surface area contributed by atoms with Gasteiger partial charge in [0.2, 0.25) is 5.91 Å². The first-order chi connectivity index (χ1) is 9.16. The highest BCUT2D eigenvalue weighted by Gasteiger charge is 2.34. The van der Waals surface area contributed by atoms with Gasteiger partial charge in [-0.25, -0.2) is 0 Å². The van der Waals surface area contributed by atoms with E-state index in [1.165, 1.54) is 0 Å². The molecule has 1 fully saturated rings. The number of piperidine rings is 1. The van der Waals surface area contributed by atoms with E-state index >= 15 is 0 Å². The van der Waals surface area contributed by atoms with Gasteiger partial charge in [0.05, 0.1) is 12.0 Å². The van der Waals surface area contributed by atoms with Crippen molar-refractivity contribution in [1.29, 1.82) is 0 Å². The first-order valence-corrected chi connectivity index (χ1v) is 6.96. The molecule has 4 heteroatoms. The fourth-order valence-electron chi connectivity index (χ4n) is 3.06. The van der Waals surface area contributed by atoms with Crippen molar-refractivity contribution in [2.24, 2.45) is 5.92 Å². The average molecular weight is 260 g/mol. The fourth-order valence-corrected chi connectivity index (χ4v) is 3.06. The van der Waals surface area contributed by atoms with Crippen molar-refractivity contribution in [2.45, 2.75) is 25.4 Å². The second-order valence-electron chi connectivity index (χ2n) is 5.64. The largest absolute Gasteiger partial charge is 0.393 e. The molecule has 0 spiro atoms. The summed E-state index contributed by atoms with van der Waals surface area (Å²) in [5.41, 5.74) is 2.18. The van der Waals surface area contributed by atoms with Crippen molar-refractivity contribution < 1.29 is 9.90 Å². The van der Waals surface area contributed by atoms with Gasteiger partial charge in [-0.15, -0.1) is 0 Å². The van der Waals surface area contributed by atoms with Crippen LogP contribution in [0.15, 0.2) is 24.3 Å². The number of para-hydroxylation sites is 1. The molecule has 0 saturated carbocycles. The van der Waals surface area contributed by atoms with Crippen molar-refractivity contribution in [3.63, 3.8) is 0 Å². The van der Waals surface area contributed by atoms with Crippen LogP contribution in [0.3, 0.4) is 0 Å². The van der Waals surface area contributed by atoms with Crippen molar-refractivity contribution in [1.82, 2.24) is 4.90 Å². The Morgan fingerprint density at radius 3 is 3.00 bits per heavy atom. The Balaban J connectivity index is 1.75. The predicted octanol–water partition coefficient (Wildman–Crippen LogP) is 1.43. The number of hydrogen-bond acceptors (Lipinski definition) is 3. The molecule has 3 rings (SSSR count). The standard InChI is InChI=1S/C15H20N2O2/c1-10-9-17(7-6-14(10)18)15(19)12-8-16-13-5-3-2-4-11(12)13/h2-5,10,12,14,16,18H,6-9H2,1H3. The predicted molar refractivity (Wildman–Crippen MR) is 74.0 cm³/mol. The van der Waals surface area contributed by atoms with E-state index in [-0.39, 0.29) is 23.8 Å². The third-order valence-corrected chi connectivity index (χ3v) is 4.30. The third kappa shape index (κ3) is 2.21. The molecule has 2 heterocycles. The summed E-state index contributed by atoms with van der Waals surface area (Å²) in [5.74, 6) is 0.289. The Labute approximate surface area is 113 Å². The Bertz CT molecular complexity index is 489. The maximum Gasteiger partial charge on any atom is 0.231 e. The van der Waals surface area contributed by atoms with Gasteiger partial charge in [0.25, 0.3) is 0 Å². The SMILES string of the molecule is CC1CN(C(=O)C2CNc3ccccc32)CCC1O. The zero-order valence-electron chi connectivity index (χ0n) is 11.2. The number of likely N-dealkylation sites (tertiary alicyclic amines) is 1. The van der Waals surface area contributed by atoms with Gasteiger partial charge in [0, 0.05) is 25.3 Å². The van der Waals surface area contributed by atoms with Crippen LogP contribution in [0.4, 0.5) is 5.69 Å². The van der Waals surface area contributed by atoms with E-state index < -0.39 is 0 Å². The Hall–Kier alpha value is -1.55. The van der Waals surface area contributed by atoms with Gasteiger partial charge in [0.15, 0.2) is 0 Å². The maximum absolute atomic E-state index is 12.6. The van der Waals surface area contributed by atoms with Crippen molar-refractivity contribution in [2.75, 3.05) is 25.0 Å². The lowest BCUT2D eigenvalue weighted by Gasteiger charge is -2.35. The number of carbonyl (C=O) groups excluding carboxylic acids is 1. The molecule has 1 aromatic carbocycles. The molecule has 1 aromatic rings. The molecule has 0 radical (unpaired) electrons. The Morgan fingerprint density at radius 2 is 2.21 bits per heavy atom. The van der Waals surface area contributed by atoms with Crippen LogP contribution < -0.4 is 5.32 Å². The van der Waals surface area contributed by atoms with Crippen LogP contribution in [0, 0.1) is 5.92 Å². The number of carbonyl (C=O) groups is 1. The van der Waals surface area contributed by atoms with Gasteiger partial charge in [-0.3, -0.25) is 4.79 Å². The molecule has 2 aliphatic heterocycles. The third-order valence-electron chi connectivity index (χ3n) is 4.30. The molecule has 2 N–H and O–H groups in total. The summed E-state index contributed by atoms with van der Waals surface area (Å²) in [6.45, 7) is 4.03. The number of nitrogens with zero attached hydrogens (tertiary/aromatic N) is 1. The lowest BCUT2D eigenvalue weighted by molar-refractivity contribution is -0.135. The number of hydrogen-bond donors (Lipinski definition) is 2. The number of anilines is 1. The number of benzene rings is 1. The molecule has 0 bridgehead atoms. The zero-order valence-corrected chi connectivity index (χ0v) is 11.2. The summed E-state index contributed by atoms with van der Waals surface area (Å²) in [7, 11) is 0. The van der Waals surface area contributed by atoms with Crippen LogP contribution in [0.1, 0.15) is 24.8 Å². The summed E-state index contributed by atoms with van der Waals surface area (Å²) < 4.78 is 0. The second-order valence-corrected chi connectivity index (χ2v) is 5.64. The average Bonchev–Trinajstić information content (AvgIpc) is 2.85. The molecule has 0 aliphatic carbocycles. The smallest absolute Gasteiger partial charge is 0.231 e. The van der Waals surface area contributed by atoms with Crippen LogP contribution in [-0.2, 0) is 4.79 Å². The van der Waals surface area contributed by atoms with Crippen LogP contribution in [0.5, 0.6) is 0 Å². The molecule has 2 aliphatic rings. The highest BCUT2D eigenvalue weighted by molar-refractivity contribution is 5.88. The Morgan fingerprint density at radius 1 is 1.42 bits per heavy atom. The van der Waals surface area contributed by atoms with E-state index in [0.717, 1.165) is 11.3 Å². The van der Waals surface area contributed by atoms with E-state index in [4.69, 9.17) is 0 Å². The lowest BCUT2D eigenvalue weighted by atomic mass is 9.94. The van der Waals surface area contributed by atoms with Gasteiger partial charge >= 0.3 is 0 Å². The van der Waals surface area contributed by atoms with Gasteiger partial charge < -0.3 is 15.3 Å². The molecule has 19 heavy (non-hydrogen) atoms. The van der Waals surface area contributed by atoms with Crippen molar-refractivity contribution >= 4 is 11.6 Å². The van der Waals surface area contributed by atoms with E-state index in [1.54, 1.807) is 0 Å². The van der Waals surface area contributed by atoms with Gasteiger partial charge in [-0.05, 0) is 24.0 Å². The molecule has 0 aromatic heterocycles. The van der Waals surface area contributed by atoms with E-state index in [1.807, 2.05) is 36.1 Å². The molecule has 3 unspecified atom stereocenters. The van der Waals surface area contributed by atoms with Crippen LogP contribution in [0.25, 0.3) is 0 Å². The van der Waals surface area contributed by atoms with E-state index in [2.05, 4.69) is 5.32 Å². The first-order valence-electron chi connectivity index (χ1n) is 6.96. The van der Waals surface area contributed by atoms with Gasteiger partial charge in [-0.2, -0.15) is 0 Å². The number of rotatable bonds is 1. The summed E-state index contributed by atoms with van der Waals surface area (Å²) in [6.07, 6.45) is 0.423. The monoisotopic (exact) mass is 260 g/mol. The van der Waals surface area contributed by atoms with Crippen molar-refractivity contribution in [3.05, 3.63) is 29.8 Å². The fraction of sp³-hybridized carbons (Fsp3) is 0.533. The summed E-state index contributed by atoms with van der Waals surface area (Å²) >= 11 is 0. The molecule has 4 nitrogen and oxygen atoms in total. The number of nitrogens with one attached hydrogen (secondary N) is 1. The zero-order chi connectivity index (χ0) is 13.4. The molecule has 102 valence electrons. The first kappa shape index (κ1) is 12.5. The lowest BCUT2D eigenvalue weighted by Crippen LogP contribution is -2.46. The van der Waals surface area contributed by atoms with E-state index in [0.29, 0.717) is 26.1 Å². The van der Waals surface area contributed by atoms with Crippen molar-refractivity contribution in [3.8, 4) is 0 Å². The molecular formula is C15H20N2O2. The van der Waals surface area contributed by atoms with Crippen LogP contribution in [0.2, 0.25) is 0 Å². The normalized spacial score (nSPS) is 29.8. The number of aliphatic hydroxyl groups excluding tert-OH is 1. The molecule has 1 saturated heterocycles. The minimum atomic E-state index is -0.266. The molecular weight excluding hydrogens is 240 g/mol. The highest BCUT2D eigenvalue weighted by Crippen LogP contribution is 2.33. The summed E-state index contributed by atoms with van der Waals surface area (Å²) in [6, 6.07) is 8.01. The number of fused-ring (bicyclic) bond motifs is 1.